The first-order chi connectivity index (χ1) is 14.9. The standard InChI is InChI=1S/C23H28N2O5S/c1-3-29-21-11-10-19(15-17(21)2)31(27,28)24-12-6-7-18(16-24)23(26)25-13-14-30-22-9-5-4-8-20(22)25/h4-5,8-11,15,18H,3,6-7,12-14,16H2,1-2H3. The van der Waals surface area contributed by atoms with Gasteiger partial charge in [-0.2, -0.15) is 4.31 Å². The minimum absolute atomic E-state index is 0.0430. The number of aryl methyl sites for hydroxylation is 1. The lowest BCUT2D eigenvalue weighted by atomic mass is 9.97. The lowest BCUT2D eigenvalue weighted by molar-refractivity contribution is -0.123. The molecule has 0 spiro atoms. The van der Waals surface area contributed by atoms with E-state index in [0.717, 1.165) is 11.3 Å². The summed E-state index contributed by atoms with van der Waals surface area (Å²) in [4.78, 5) is 15.3. The number of hydrogen-bond acceptors (Lipinski definition) is 5. The minimum atomic E-state index is -3.69. The summed E-state index contributed by atoms with van der Waals surface area (Å²) in [6.07, 6.45) is 1.32. The Kier molecular flexibility index (Phi) is 6.20. The van der Waals surface area contributed by atoms with Gasteiger partial charge in [0.05, 0.1) is 29.7 Å². The van der Waals surface area contributed by atoms with E-state index in [1.807, 2.05) is 38.1 Å². The van der Waals surface area contributed by atoms with Crippen LogP contribution in [-0.4, -0.2) is 51.5 Å². The highest BCUT2D eigenvalue weighted by atomic mass is 32.2. The molecule has 2 heterocycles. The average molecular weight is 445 g/mol. The lowest BCUT2D eigenvalue weighted by Crippen LogP contribution is -2.48. The molecule has 1 fully saturated rings. The van der Waals surface area contributed by atoms with Crippen LogP contribution in [0.1, 0.15) is 25.3 Å². The third-order valence-electron chi connectivity index (χ3n) is 5.81. The molecule has 0 bridgehead atoms. The lowest BCUT2D eigenvalue weighted by Gasteiger charge is -2.36. The van der Waals surface area contributed by atoms with Crippen LogP contribution in [0.15, 0.2) is 47.4 Å². The third kappa shape index (κ3) is 4.27. The van der Waals surface area contributed by atoms with Gasteiger partial charge in [-0.25, -0.2) is 8.42 Å². The summed E-state index contributed by atoms with van der Waals surface area (Å²) in [5.41, 5.74) is 1.53. The summed E-state index contributed by atoms with van der Waals surface area (Å²) in [5.74, 6) is 0.948. The van der Waals surface area contributed by atoms with Crippen LogP contribution >= 0.6 is 0 Å². The number of hydrogen-bond donors (Lipinski definition) is 0. The molecule has 166 valence electrons. The number of benzene rings is 2. The number of sulfonamides is 1. The number of nitrogens with zero attached hydrogens (tertiary/aromatic N) is 2. The van der Waals surface area contributed by atoms with Crippen molar-refractivity contribution in [2.45, 2.75) is 31.6 Å². The highest BCUT2D eigenvalue weighted by molar-refractivity contribution is 7.89. The summed E-state index contributed by atoms with van der Waals surface area (Å²) in [7, 11) is -3.69. The van der Waals surface area contributed by atoms with Crippen molar-refractivity contribution < 1.29 is 22.7 Å². The summed E-state index contributed by atoms with van der Waals surface area (Å²) in [6.45, 7) is 5.75. The first-order valence-electron chi connectivity index (χ1n) is 10.7. The van der Waals surface area contributed by atoms with Crippen LogP contribution < -0.4 is 14.4 Å². The van der Waals surface area contributed by atoms with Gasteiger partial charge in [-0.1, -0.05) is 12.1 Å². The zero-order valence-electron chi connectivity index (χ0n) is 17.9. The van der Waals surface area contributed by atoms with Crippen LogP contribution in [0.2, 0.25) is 0 Å². The molecule has 0 aromatic heterocycles. The fourth-order valence-electron chi connectivity index (χ4n) is 4.23. The zero-order chi connectivity index (χ0) is 22.0. The molecule has 1 atom stereocenters. The number of rotatable bonds is 5. The van der Waals surface area contributed by atoms with Gasteiger partial charge in [0.2, 0.25) is 15.9 Å². The molecular formula is C23H28N2O5S. The molecule has 8 heteroatoms. The van der Waals surface area contributed by atoms with Gasteiger partial charge in [0, 0.05) is 13.1 Å². The molecule has 0 saturated carbocycles. The Bertz CT molecular complexity index is 1070. The molecule has 1 amide bonds. The minimum Gasteiger partial charge on any atom is -0.494 e. The van der Waals surface area contributed by atoms with E-state index in [1.54, 1.807) is 23.1 Å². The fraction of sp³-hybridized carbons (Fsp3) is 0.435. The quantitative estimate of drug-likeness (QED) is 0.708. The zero-order valence-corrected chi connectivity index (χ0v) is 18.7. The van der Waals surface area contributed by atoms with Crippen LogP contribution in [0.25, 0.3) is 0 Å². The topological polar surface area (TPSA) is 76.2 Å². The van der Waals surface area contributed by atoms with E-state index in [1.165, 1.54) is 4.31 Å². The van der Waals surface area contributed by atoms with E-state index in [0.29, 0.717) is 50.6 Å². The maximum Gasteiger partial charge on any atom is 0.243 e. The molecule has 0 aliphatic carbocycles. The number of fused-ring (bicyclic) bond motifs is 1. The molecule has 2 aliphatic rings. The van der Waals surface area contributed by atoms with E-state index < -0.39 is 10.0 Å². The third-order valence-corrected chi connectivity index (χ3v) is 7.67. The number of carbonyl (C=O) groups excluding carboxylic acids is 1. The first-order valence-corrected chi connectivity index (χ1v) is 12.1. The Hall–Kier alpha value is -2.58. The van der Waals surface area contributed by atoms with E-state index in [4.69, 9.17) is 9.47 Å². The predicted molar refractivity (Wildman–Crippen MR) is 118 cm³/mol. The summed E-state index contributed by atoms with van der Waals surface area (Å²) < 4.78 is 39.2. The van der Waals surface area contributed by atoms with Crippen LogP contribution in [0.4, 0.5) is 5.69 Å². The Labute approximate surface area is 183 Å². The number of para-hydroxylation sites is 2. The normalized spacial score (nSPS) is 19.4. The van der Waals surface area contributed by atoms with Gasteiger partial charge in [0.25, 0.3) is 0 Å². The second kappa shape index (κ2) is 8.88. The molecule has 0 radical (unpaired) electrons. The molecule has 31 heavy (non-hydrogen) atoms. The molecule has 1 saturated heterocycles. The summed E-state index contributed by atoms with van der Waals surface area (Å²) >= 11 is 0. The van der Waals surface area contributed by atoms with E-state index in [-0.39, 0.29) is 23.3 Å². The Morgan fingerprint density at radius 3 is 2.77 bits per heavy atom. The molecule has 2 aliphatic heterocycles. The van der Waals surface area contributed by atoms with Crippen LogP contribution in [0, 0.1) is 12.8 Å². The average Bonchev–Trinajstić information content (AvgIpc) is 2.79. The van der Waals surface area contributed by atoms with Gasteiger partial charge in [0.15, 0.2) is 0 Å². The Balaban J connectivity index is 1.53. The van der Waals surface area contributed by atoms with Crippen LogP contribution in [0.5, 0.6) is 11.5 Å². The molecule has 1 unspecified atom stereocenters. The highest BCUT2D eigenvalue weighted by Crippen LogP contribution is 2.34. The van der Waals surface area contributed by atoms with Crippen LogP contribution in [0.3, 0.4) is 0 Å². The number of amides is 1. The van der Waals surface area contributed by atoms with Crippen molar-refractivity contribution in [3.63, 3.8) is 0 Å². The van der Waals surface area contributed by atoms with Crippen molar-refractivity contribution in [3.05, 3.63) is 48.0 Å². The fourth-order valence-corrected chi connectivity index (χ4v) is 5.84. The molecule has 2 aromatic carbocycles. The first kappa shape index (κ1) is 21.6. The molecule has 7 nitrogen and oxygen atoms in total. The SMILES string of the molecule is CCOc1ccc(S(=O)(=O)N2CCCC(C(=O)N3CCOc4ccccc43)C2)cc1C. The van der Waals surface area contributed by atoms with E-state index in [9.17, 15) is 13.2 Å². The van der Waals surface area contributed by atoms with Crippen molar-refractivity contribution in [3.8, 4) is 11.5 Å². The number of ether oxygens (including phenoxy) is 2. The number of anilines is 1. The largest absolute Gasteiger partial charge is 0.494 e. The number of piperidine rings is 1. The van der Waals surface area contributed by atoms with Gasteiger partial charge in [-0.05, 0) is 62.6 Å². The molecule has 4 rings (SSSR count). The monoisotopic (exact) mass is 444 g/mol. The van der Waals surface area contributed by atoms with Gasteiger partial charge in [-0.3, -0.25) is 4.79 Å². The molecular weight excluding hydrogens is 416 g/mol. The van der Waals surface area contributed by atoms with E-state index in [2.05, 4.69) is 0 Å². The van der Waals surface area contributed by atoms with Gasteiger partial charge >= 0.3 is 0 Å². The van der Waals surface area contributed by atoms with Crippen molar-refractivity contribution >= 4 is 21.6 Å². The van der Waals surface area contributed by atoms with Gasteiger partial charge in [-0.15, -0.1) is 0 Å². The van der Waals surface area contributed by atoms with Crippen molar-refractivity contribution in [1.82, 2.24) is 4.31 Å². The maximum absolute atomic E-state index is 13.3. The number of carbonyl (C=O) groups is 1. The smallest absolute Gasteiger partial charge is 0.243 e. The van der Waals surface area contributed by atoms with Crippen LogP contribution in [-0.2, 0) is 14.8 Å². The molecule has 0 N–H and O–H groups in total. The summed E-state index contributed by atoms with van der Waals surface area (Å²) in [5, 5.41) is 0. The maximum atomic E-state index is 13.3. The van der Waals surface area contributed by atoms with E-state index >= 15 is 0 Å². The van der Waals surface area contributed by atoms with Gasteiger partial charge in [0.1, 0.15) is 18.1 Å². The van der Waals surface area contributed by atoms with Crippen molar-refractivity contribution in [1.29, 1.82) is 0 Å². The van der Waals surface area contributed by atoms with Crippen molar-refractivity contribution in [2.75, 3.05) is 37.7 Å². The van der Waals surface area contributed by atoms with Crippen molar-refractivity contribution in [2.24, 2.45) is 5.92 Å². The molecule has 2 aromatic rings. The second-order valence-corrected chi connectivity index (χ2v) is 9.81. The highest BCUT2D eigenvalue weighted by Gasteiger charge is 2.36. The predicted octanol–water partition coefficient (Wildman–Crippen LogP) is 3.22. The second-order valence-electron chi connectivity index (χ2n) is 7.87. The van der Waals surface area contributed by atoms with Gasteiger partial charge < -0.3 is 14.4 Å². The summed E-state index contributed by atoms with van der Waals surface area (Å²) in [6, 6.07) is 12.4. The Morgan fingerprint density at radius 1 is 1.19 bits per heavy atom. The Morgan fingerprint density at radius 2 is 2.00 bits per heavy atom.